The van der Waals surface area contributed by atoms with Crippen LogP contribution in [0.1, 0.15) is 66.6 Å². The minimum atomic E-state index is -4.58. The molecule has 0 amide bonds. The Labute approximate surface area is 222 Å². The summed E-state index contributed by atoms with van der Waals surface area (Å²) in [6, 6.07) is 8.75. The van der Waals surface area contributed by atoms with E-state index in [9.17, 15) is 18.0 Å². The van der Waals surface area contributed by atoms with E-state index in [4.69, 9.17) is 0 Å². The minimum absolute atomic E-state index is 0.0632. The third-order valence-electron chi connectivity index (χ3n) is 8.05. The third-order valence-corrected chi connectivity index (χ3v) is 8.82. The number of piperidine rings is 1. The first-order chi connectivity index (χ1) is 18.3. The number of pyridine rings is 1. The van der Waals surface area contributed by atoms with Crippen molar-refractivity contribution < 1.29 is 13.2 Å². The maximum absolute atomic E-state index is 14.2. The van der Waals surface area contributed by atoms with E-state index >= 15 is 0 Å². The molecule has 2 fully saturated rings. The predicted molar refractivity (Wildman–Crippen MR) is 141 cm³/mol. The van der Waals surface area contributed by atoms with Crippen molar-refractivity contribution in [1.82, 2.24) is 24.1 Å². The molecule has 2 atom stereocenters. The van der Waals surface area contributed by atoms with Gasteiger partial charge in [-0.1, -0.05) is 25.5 Å². The summed E-state index contributed by atoms with van der Waals surface area (Å²) < 4.78 is 45.1. The van der Waals surface area contributed by atoms with Crippen LogP contribution in [0.3, 0.4) is 0 Å². The van der Waals surface area contributed by atoms with Gasteiger partial charge in [-0.15, -0.1) is 21.5 Å². The molecule has 2 aliphatic rings. The van der Waals surface area contributed by atoms with Crippen molar-refractivity contribution in [1.29, 1.82) is 0 Å². The fourth-order valence-corrected chi connectivity index (χ4v) is 6.78. The van der Waals surface area contributed by atoms with Gasteiger partial charge in [-0.3, -0.25) is 13.9 Å². The number of nitrogens with zero attached hydrogens (tertiary/aromatic N) is 5. The smallest absolute Gasteiger partial charge is 0.299 e. The highest BCUT2D eigenvalue weighted by Crippen LogP contribution is 2.44. The number of rotatable bonds is 6. The zero-order chi connectivity index (χ0) is 26.4. The van der Waals surface area contributed by atoms with Crippen LogP contribution < -0.4 is 5.69 Å². The quantitative estimate of drug-likeness (QED) is 0.295. The monoisotopic (exact) mass is 541 g/mol. The molecule has 4 heterocycles. The van der Waals surface area contributed by atoms with Crippen LogP contribution in [0.15, 0.2) is 53.0 Å². The lowest BCUT2D eigenvalue weighted by Gasteiger charge is -2.32. The fraction of sp³-hybridized carbons (Fsp3) is 0.464. The van der Waals surface area contributed by atoms with Gasteiger partial charge in [0.05, 0.1) is 16.8 Å². The molecular weight excluding hydrogens is 511 g/mol. The van der Waals surface area contributed by atoms with Crippen LogP contribution in [0, 0.1) is 11.8 Å². The zero-order valence-corrected chi connectivity index (χ0v) is 22.0. The summed E-state index contributed by atoms with van der Waals surface area (Å²) in [4.78, 5) is 15.7. The predicted octanol–water partition coefficient (Wildman–Crippen LogP) is 6.12. The Morgan fingerprint density at radius 3 is 2.66 bits per heavy atom. The number of imidazole rings is 1. The molecule has 1 aliphatic carbocycles. The third kappa shape index (κ3) is 4.80. The molecule has 1 aromatic carbocycles. The summed E-state index contributed by atoms with van der Waals surface area (Å²) in [5.41, 5.74) is 2.33. The van der Waals surface area contributed by atoms with Crippen molar-refractivity contribution in [2.45, 2.75) is 57.7 Å². The first-order valence-corrected chi connectivity index (χ1v) is 14.1. The van der Waals surface area contributed by atoms with Crippen LogP contribution >= 0.6 is 11.3 Å². The number of hydrogen-bond acceptors (Lipinski definition) is 5. The molecule has 38 heavy (non-hydrogen) atoms. The van der Waals surface area contributed by atoms with Gasteiger partial charge in [0.25, 0.3) is 0 Å². The average Bonchev–Trinajstić information content (AvgIpc) is 3.49. The highest BCUT2D eigenvalue weighted by molar-refractivity contribution is 7.09. The number of aromatic nitrogens is 4. The first kappa shape index (κ1) is 25.3. The van der Waals surface area contributed by atoms with Crippen molar-refractivity contribution in [3.8, 4) is 5.69 Å². The van der Waals surface area contributed by atoms with E-state index < -0.39 is 17.4 Å². The molecule has 200 valence electrons. The van der Waals surface area contributed by atoms with Gasteiger partial charge in [0, 0.05) is 31.4 Å². The molecule has 0 radical (unpaired) electrons. The Morgan fingerprint density at radius 2 is 1.97 bits per heavy atom. The molecule has 0 bridgehead atoms. The van der Waals surface area contributed by atoms with E-state index in [1.807, 2.05) is 18.2 Å². The van der Waals surface area contributed by atoms with Gasteiger partial charge < -0.3 is 0 Å². The molecule has 1 saturated heterocycles. The van der Waals surface area contributed by atoms with Gasteiger partial charge in [-0.05, 0) is 73.4 Å². The van der Waals surface area contributed by atoms with E-state index in [1.165, 1.54) is 34.6 Å². The van der Waals surface area contributed by atoms with E-state index in [1.54, 1.807) is 17.8 Å². The number of alkyl halides is 3. The standard InChI is InChI=1S/C28H30F3N5OS/c1-18-5-4-10-34(13-18)14-19-11-23(28(29,30)31)24-16-35(27(37)36(24)15-19)22-9-3-8-21(12-22)25(20-6-2-7-20)26-33-32-17-38-26/h3,8-9,11-12,15-18,20,25H,2,4-7,10,13-14H2,1H3/t18-,25?/m0/s1. The van der Waals surface area contributed by atoms with Crippen molar-refractivity contribution in [3.63, 3.8) is 0 Å². The summed E-state index contributed by atoms with van der Waals surface area (Å²) in [6.07, 6.45) is 3.83. The van der Waals surface area contributed by atoms with Crippen LogP contribution in [0.5, 0.6) is 0 Å². The molecule has 10 heteroatoms. The van der Waals surface area contributed by atoms with E-state index in [0.29, 0.717) is 29.6 Å². The van der Waals surface area contributed by atoms with Crippen LogP contribution in [0.4, 0.5) is 13.2 Å². The molecule has 1 unspecified atom stereocenters. The lowest BCUT2D eigenvalue weighted by Crippen LogP contribution is -2.34. The average molecular weight is 542 g/mol. The summed E-state index contributed by atoms with van der Waals surface area (Å²) in [7, 11) is 0. The highest BCUT2D eigenvalue weighted by Gasteiger charge is 2.35. The van der Waals surface area contributed by atoms with Gasteiger partial charge >= 0.3 is 11.9 Å². The van der Waals surface area contributed by atoms with Gasteiger partial charge in [-0.2, -0.15) is 13.2 Å². The van der Waals surface area contributed by atoms with Crippen molar-refractivity contribution in [2.75, 3.05) is 13.1 Å². The minimum Gasteiger partial charge on any atom is -0.299 e. The number of hydrogen-bond donors (Lipinski definition) is 0. The van der Waals surface area contributed by atoms with E-state index in [0.717, 1.165) is 53.7 Å². The fourth-order valence-electron chi connectivity index (χ4n) is 6.01. The number of likely N-dealkylation sites (tertiary alicyclic amines) is 1. The summed E-state index contributed by atoms with van der Waals surface area (Å²) in [5, 5.41) is 9.27. The Morgan fingerprint density at radius 1 is 1.13 bits per heavy atom. The molecule has 1 saturated carbocycles. The van der Waals surface area contributed by atoms with Crippen LogP contribution in [0.2, 0.25) is 0 Å². The molecule has 1 aliphatic heterocycles. The second-order valence-electron chi connectivity index (χ2n) is 10.8. The zero-order valence-electron chi connectivity index (χ0n) is 21.2. The van der Waals surface area contributed by atoms with Crippen molar-refractivity contribution >= 4 is 16.9 Å². The van der Waals surface area contributed by atoms with Gasteiger partial charge in [0.2, 0.25) is 0 Å². The number of fused-ring (bicyclic) bond motifs is 1. The lowest BCUT2D eigenvalue weighted by atomic mass is 9.73. The molecule has 0 N–H and O–H groups in total. The molecular formula is C28H30F3N5OS. The Hall–Kier alpha value is -2.98. The second kappa shape index (κ2) is 9.96. The Bertz CT molecular complexity index is 1490. The first-order valence-electron chi connectivity index (χ1n) is 13.2. The molecule has 6 rings (SSSR count). The molecule has 3 aromatic heterocycles. The van der Waals surface area contributed by atoms with Crippen LogP contribution in [-0.2, 0) is 12.7 Å². The van der Waals surface area contributed by atoms with E-state index in [-0.39, 0.29) is 11.4 Å². The highest BCUT2D eigenvalue weighted by atomic mass is 32.1. The number of benzene rings is 1. The molecule has 0 spiro atoms. The Balaban J connectivity index is 1.42. The largest absolute Gasteiger partial charge is 0.418 e. The molecule has 4 aromatic rings. The van der Waals surface area contributed by atoms with Crippen molar-refractivity contribution in [3.05, 3.63) is 80.4 Å². The van der Waals surface area contributed by atoms with Gasteiger partial charge in [-0.25, -0.2) is 4.79 Å². The summed E-state index contributed by atoms with van der Waals surface area (Å²) >= 11 is 1.51. The molecule has 6 nitrogen and oxygen atoms in total. The van der Waals surface area contributed by atoms with Crippen LogP contribution in [0.25, 0.3) is 11.2 Å². The maximum atomic E-state index is 14.2. The van der Waals surface area contributed by atoms with Gasteiger partial charge in [0.1, 0.15) is 10.5 Å². The summed E-state index contributed by atoms with van der Waals surface area (Å²) in [5.74, 6) is 1.02. The Kier molecular flexibility index (Phi) is 6.63. The van der Waals surface area contributed by atoms with E-state index in [2.05, 4.69) is 22.0 Å². The summed E-state index contributed by atoms with van der Waals surface area (Å²) in [6.45, 7) is 4.25. The van der Waals surface area contributed by atoms with Crippen molar-refractivity contribution in [2.24, 2.45) is 11.8 Å². The lowest BCUT2D eigenvalue weighted by molar-refractivity contribution is -0.136. The maximum Gasteiger partial charge on any atom is 0.418 e. The number of halogens is 3. The van der Waals surface area contributed by atoms with Gasteiger partial charge in [0.15, 0.2) is 0 Å². The van der Waals surface area contributed by atoms with Crippen LogP contribution in [-0.4, -0.2) is 37.2 Å². The SMILES string of the molecule is C[C@H]1CCCN(Cc2cc(C(F)(F)F)c3cn(-c4cccc(C(c5nncs5)C5CCC5)c4)c(=O)n3c2)C1. The topological polar surface area (TPSA) is 55.4 Å². The second-order valence-corrected chi connectivity index (χ2v) is 11.7. The normalized spacial score (nSPS) is 20.1.